The Morgan fingerprint density at radius 1 is 0.705 bits per heavy atom. The highest BCUT2D eigenvalue weighted by atomic mass is 32.2. The summed E-state index contributed by atoms with van der Waals surface area (Å²) < 4.78 is 142. The molecule has 0 bridgehead atoms. The molecule has 0 saturated carbocycles. The third-order valence-electron chi connectivity index (χ3n) is 7.63. The van der Waals surface area contributed by atoms with E-state index in [1.54, 1.807) is 5.25 Å². The predicted molar refractivity (Wildman–Crippen MR) is 193 cm³/mol. The summed E-state index contributed by atoms with van der Waals surface area (Å²) >= 11 is 0. The predicted octanol–water partition coefficient (Wildman–Crippen LogP) is 5.32. The van der Waals surface area contributed by atoms with Gasteiger partial charge in [0, 0.05) is 22.6 Å². The number of hydrogen-bond acceptors (Lipinski definition) is 14. The van der Waals surface area contributed by atoms with E-state index < -0.39 is 106 Å². The van der Waals surface area contributed by atoms with E-state index in [0.29, 0.717) is 12.1 Å². The lowest BCUT2D eigenvalue weighted by atomic mass is 10.1. The third-order valence-corrected chi connectivity index (χ3v) is 10.1. The minimum Gasteiger partial charge on any atom is -0.492 e. The molecule has 0 saturated heterocycles. The number of rotatable bonds is 11. The number of aromatic nitrogens is 6. The number of sulfone groups is 2. The van der Waals surface area contributed by atoms with Gasteiger partial charge in [-0.1, -0.05) is 34.7 Å². The van der Waals surface area contributed by atoms with Gasteiger partial charge in [0.05, 0.1) is 28.0 Å². The molecule has 6 rings (SSSR count). The average Bonchev–Trinajstić information content (AvgIpc) is 3.88. The fourth-order valence-electron chi connectivity index (χ4n) is 4.99. The number of carbonyl (C=O) groups is 2. The SMILES string of the molecule is COc1c(C#CS(=O)(=O)c2cccc(-c3cccc(S(=O)(=O)C#Cc4cc(Oc5[nH]nnc5C(=O)O)cc(F)c4OC(F)(F)F)c3)c2)ccc(Oc2[nH]nnc2C(=O)O)c1F. The van der Waals surface area contributed by atoms with Crippen molar-refractivity contribution in [2.75, 3.05) is 7.11 Å². The molecule has 18 nitrogen and oxygen atoms in total. The molecule has 0 fully saturated rings. The number of halogens is 5. The van der Waals surface area contributed by atoms with Crippen molar-refractivity contribution in [2.45, 2.75) is 16.2 Å². The first-order valence-corrected chi connectivity index (χ1v) is 19.1. The van der Waals surface area contributed by atoms with E-state index in [9.17, 15) is 54.2 Å². The van der Waals surface area contributed by atoms with Gasteiger partial charge in [-0.05, 0) is 59.4 Å². The van der Waals surface area contributed by atoms with E-state index in [2.05, 4.69) is 41.5 Å². The van der Waals surface area contributed by atoms with Crippen molar-refractivity contribution in [3.8, 4) is 68.2 Å². The first-order valence-electron chi connectivity index (χ1n) is 16.1. The van der Waals surface area contributed by atoms with Gasteiger partial charge >= 0.3 is 18.3 Å². The molecule has 0 atom stereocenters. The summed E-state index contributed by atoms with van der Waals surface area (Å²) in [5.74, 6) is -6.29. The van der Waals surface area contributed by atoms with Crippen LogP contribution in [0.15, 0.2) is 82.6 Å². The van der Waals surface area contributed by atoms with Crippen LogP contribution in [0.4, 0.5) is 22.0 Å². The molecule has 61 heavy (non-hydrogen) atoms. The number of H-pyrrole nitrogens is 2. The number of benzene rings is 4. The van der Waals surface area contributed by atoms with Crippen LogP contribution in [0, 0.1) is 34.0 Å². The van der Waals surface area contributed by atoms with Crippen LogP contribution in [-0.4, -0.2) is 83.3 Å². The number of aromatic carboxylic acids is 2. The lowest BCUT2D eigenvalue weighted by Gasteiger charge is -2.13. The van der Waals surface area contributed by atoms with E-state index in [-0.39, 0.29) is 21.6 Å². The van der Waals surface area contributed by atoms with Crippen LogP contribution in [0.5, 0.6) is 34.8 Å². The standard InChI is InChI=1S/C36H19F5N6O12S2/c1-56-31-18(8-9-26(27(31)38)58-33-29(35(50)51)43-47-45-33)10-12-60(52,53)23-6-2-4-19(15-23)20-5-3-7-24(16-20)61(54,55)13-11-21-14-22(17-25(37)30(21)59-36(39,40)41)57-32-28(34(48)49)42-46-44-32/h2-9,14-17H,1H3,(H,48,49)(H,50,51)(H,42,44,46)(H,43,45,47). The molecule has 0 aliphatic carbocycles. The van der Waals surface area contributed by atoms with Crippen LogP contribution >= 0.6 is 0 Å². The van der Waals surface area contributed by atoms with Gasteiger partial charge in [0.15, 0.2) is 23.1 Å². The maximum absolute atomic E-state index is 15.3. The van der Waals surface area contributed by atoms with Crippen molar-refractivity contribution in [3.05, 3.63) is 107 Å². The van der Waals surface area contributed by atoms with Gasteiger partial charge in [-0.25, -0.2) is 41.0 Å². The molecular weight excluding hydrogens is 868 g/mol. The highest BCUT2D eigenvalue weighted by Gasteiger charge is 2.34. The summed E-state index contributed by atoms with van der Waals surface area (Å²) in [6.45, 7) is 0. The molecule has 4 aromatic carbocycles. The molecule has 4 N–H and O–H groups in total. The lowest BCUT2D eigenvalue weighted by Crippen LogP contribution is -2.19. The van der Waals surface area contributed by atoms with Crippen LogP contribution < -0.4 is 18.9 Å². The average molecular weight is 887 g/mol. The molecule has 0 spiro atoms. The Hall–Kier alpha value is -8.03. The van der Waals surface area contributed by atoms with Crippen molar-refractivity contribution >= 4 is 31.6 Å². The molecule has 2 heterocycles. The summed E-state index contributed by atoms with van der Waals surface area (Å²) in [5.41, 5.74) is -2.43. The number of alkyl halides is 3. The number of aromatic amines is 2. The van der Waals surface area contributed by atoms with Gasteiger partial charge in [0.1, 0.15) is 5.75 Å². The van der Waals surface area contributed by atoms with Gasteiger partial charge in [-0.3, -0.25) is 0 Å². The van der Waals surface area contributed by atoms with E-state index in [4.69, 9.17) is 14.2 Å². The number of carboxylic acid groups (broad SMARTS) is 2. The van der Waals surface area contributed by atoms with Crippen molar-refractivity contribution in [1.29, 1.82) is 0 Å². The Labute approximate surface area is 337 Å². The molecule has 0 unspecified atom stereocenters. The second-order valence-corrected chi connectivity index (χ2v) is 15.0. The molecule has 0 amide bonds. The number of nitrogens with one attached hydrogen (secondary N) is 2. The summed E-state index contributed by atoms with van der Waals surface area (Å²) in [6.07, 6.45) is -5.47. The van der Waals surface area contributed by atoms with Crippen LogP contribution in [0.3, 0.4) is 0 Å². The summed E-state index contributed by atoms with van der Waals surface area (Å²) in [5, 5.41) is 39.5. The van der Waals surface area contributed by atoms with Gasteiger partial charge in [0.2, 0.25) is 36.9 Å². The highest BCUT2D eigenvalue weighted by Crippen LogP contribution is 2.36. The molecule has 0 radical (unpaired) electrons. The minimum absolute atomic E-state index is 0.107. The number of nitrogens with zero attached hydrogens (tertiary/aromatic N) is 4. The maximum Gasteiger partial charge on any atom is 0.573 e. The molecule has 2 aromatic heterocycles. The fraction of sp³-hybridized carbons (Fsp3) is 0.0556. The van der Waals surface area contributed by atoms with Gasteiger partial charge in [-0.2, -0.15) is 4.39 Å². The second-order valence-electron chi connectivity index (χ2n) is 11.6. The molecule has 25 heteroatoms. The monoisotopic (exact) mass is 886 g/mol. The summed E-state index contributed by atoms with van der Waals surface area (Å²) in [6, 6.07) is 12.9. The Kier molecular flexibility index (Phi) is 11.6. The Balaban J connectivity index is 1.28. The minimum atomic E-state index is -5.47. The maximum atomic E-state index is 15.3. The zero-order valence-electron chi connectivity index (χ0n) is 29.9. The number of methoxy groups -OCH3 is 1. The summed E-state index contributed by atoms with van der Waals surface area (Å²) in [4.78, 5) is 21.7. The van der Waals surface area contributed by atoms with Crippen molar-refractivity contribution in [2.24, 2.45) is 0 Å². The normalized spacial score (nSPS) is 11.4. The van der Waals surface area contributed by atoms with E-state index >= 15 is 4.39 Å². The van der Waals surface area contributed by atoms with Crippen molar-refractivity contribution in [3.63, 3.8) is 0 Å². The Morgan fingerprint density at radius 2 is 1.23 bits per heavy atom. The zero-order chi connectivity index (χ0) is 44.3. The Bertz CT molecular complexity index is 3100. The van der Waals surface area contributed by atoms with Gasteiger partial charge < -0.3 is 29.2 Å². The largest absolute Gasteiger partial charge is 0.573 e. The fourth-order valence-corrected chi connectivity index (χ4v) is 6.79. The van der Waals surface area contributed by atoms with Crippen LogP contribution in [0.25, 0.3) is 11.1 Å². The first-order chi connectivity index (χ1) is 28.8. The van der Waals surface area contributed by atoms with Crippen LogP contribution in [-0.2, 0) is 19.7 Å². The van der Waals surface area contributed by atoms with E-state index in [1.165, 1.54) is 24.3 Å². The molecule has 0 aliphatic heterocycles. The number of carboxylic acids is 2. The molecule has 312 valence electrons. The van der Waals surface area contributed by atoms with Gasteiger partial charge in [0.25, 0.3) is 11.8 Å². The van der Waals surface area contributed by atoms with Crippen molar-refractivity contribution < 1.29 is 77.5 Å². The zero-order valence-corrected chi connectivity index (χ0v) is 31.5. The summed E-state index contributed by atoms with van der Waals surface area (Å²) in [7, 11) is -8.18. The topological polar surface area (TPSA) is 263 Å². The highest BCUT2D eigenvalue weighted by molar-refractivity contribution is 7.96. The van der Waals surface area contributed by atoms with E-state index in [0.717, 1.165) is 43.5 Å². The Morgan fingerprint density at radius 3 is 1.74 bits per heavy atom. The quantitative estimate of drug-likeness (QED) is 0.0947. The number of ether oxygens (including phenoxy) is 4. The molecular formula is C36H19F5N6O12S2. The number of hydrogen-bond donors (Lipinski definition) is 4. The third kappa shape index (κ3) is 9.65. The van der Waals surface area contributed by atoms with Crippen LogP contribution in [0.2, 0.25) is 0 Å². The second kappa shape index (κ2) is 16.7. The van der Waals surface area contributed by atoms with E-state index in [1.807, 2.05) is 11.2 Å². The van der Waals surface area contributed by atoms with Crippen molar-refractivity contribution in [1.82, 2.24) is 30.8 Å². The molecule has 0 aliphatic rings. The van der Waals surface area contributed by atoms with Gasteiger partial charge in [-0.15, -0.1) is 23.4 Å². The van der Waals surface area contributed by atoms with Crippen LogP contribution in [0.1, 0.15) is 32.1 Å². The lowest BCUT2D eigenvalue weighted by molar-refractivity contribution is -0.275. The smallest absolute Gasteiger partial charge is 0.492 e. The first kappa shape index (κ1) is 42.6. The molecule has 6 aromatic rings.